The van der Waals surface area contributed by atoms with Gasteiger partial charge in [0.2, 0.25) is 5.91 Å². The summed E-state index contributed by atoms with van der Waals surface area (Å²) in [5.41, 5.74) is 3.86. The molecular weight excluding hydrogens is 417 g/mol. The molecule has 1 aromatic heterocycles. The van der Waals surface area contributed by atoms with E-state index in [2.05, 4.69) is 15.5 Å². The van der Waals surface area contributed by atoms with Crippen LogP contribution in [0.25, 0.3) is 10.9 Å². The van der Waals surface area contributed by atoms with E-state index in [-0.39, 0.29) is 5.91 Å². The number of rotatable bonds is 7. The highest BCUT2D eigenvalue weighted by Crippen LogP contribution is 2.23. The van der Waals surface area contributed by atoms with Gasteiger partial charge in [-0.2, -0.15) is 5.10 Å². The molecule has 0 atom stereocenters. The minimum atomic E-state index is -0.174. The van der Waals surface area contributed by atoms with Crippen LogP contribution in [-0.4, -0.2) is 30.0 Å². The van der Waals surface area contributed by atoms with Crippen LogP contribution in [0.1, 0.15) is 12.0 Å². The number of benzene rings is 2. The maximum Gasteiger partial charge on any atom is 0.240 e. The highest BCUT2D eigenvalue weighted by Gasteiger charge is 2.05. The molecule has 28 heavy (non-hydrogen) atoms. The van der Waals surface area contributed by atoms with Crippen molar-refractivity contribution >= 4 is 58.0 Å². The zero-order valence-electron chi connectivity index (χ0n) is 15.0. The molecule has 0 aliphatic heterocycles. The van der Waals surface area contributed by atoms with Crippen LogP contribution in [0, 0.1) is 0 Å². The zero-order valence-corrected chi connectivity index (χ0v) is 17.3. The van der Waals surface area contributed by atoms with Crippen molar-refractivity contribution in [3.8, 4) is 5.75 Å². The lowest BCUT2D eigenvalue weighted by molar-refractivity contribution is -0.120. The largest absolute Gasteiger partial charge is 0.497 e. The molecule has 5 nitrogen and oxygen atoms in total. The summed E-state index contributed by atoms with van der Waals surface area (Å²) in [6.45, 7) is 0. The number of nitrogens with zero attached hydrogens (tertiary/aromatic N) is 2. The predicted molar refractivity (Wildman–Crippen MR) is 116 cm³/mol. The second kappa shape index (κ2) is 9.78. The van der Waals surface area contributed by atoms with Gasteiger partial charge in [-0.05, 0) is 42.5 Å². The minimum Gasteiger partial charge on any atom is -0.497 e. The molecule has 0 fully saturated rings. The highest BCUT2D eigenvalue weighted by atomic mass is 35.5. The van der Waals surface area contributed by atoms with Crippen LogP contribution in [0.3, 0.4) is 0 Å². The lowest BCUT2D eigenvalue weighted by Crippen LogP contribution is -2.17. The van der Waals surface area contributed by atoms with Gasteiger partial charge in [0.05, 0.1) is 18.8 Å². The van der Waals surface area contributed by atoms with Crippen LogP contribution in [0.4, 0.5) is 0 Å². The van der Waals surface area contributed by atoms with Crippen molar-refractivity contribution in [2.45, 2.75) is 11.3 Å². The first-order valence-corrected chi connectivity index (χ1v) is 10.1. The number of hydrogen-bond acceptors (Lipinski definition) is 5. The average Bonchev–Trinajstić information content (AvgIpc) is 2.69. The van der Waals surface area contributed by atoms with Crippen molar-refractivity contribution in [3.63, 3.8) is 0 Å². The summed E-state index contributed by atoms with van der Waals surface area (Å²) in [6, 6.07) is 14.9. The summed E-state index contributed by atoms with van der Waals surface area (Å²) < 4.78 is 5.18. The van der Waals surface area contributed by atoms with Crippen molar-refractivity contribution in [2.24, 2.45) is 5.10 Å². The number of thioether (sulfide) groups is 1. The molecular formula is C20H17Cl2N3O2S. The quantitative estimate of drug-likeness (QED) is 0.241. The number of aromatic nitrogens is 1. The molecule has 0 unspecified atom stereocenters. The van der Waals surface area contributed by atoms with Gasteiger partial charge in [-0.15, -0.1) is 11.8 Å². The Bertz CT molecular complexity index is 1010. The van der Waals surface area contributed by atoms with Gasteiger partial charge in [-0.1, -0.05) is 23.2 Å². The lowest BCUT2D eigenvalue weighted by Gasteiger charge is -2.05. The van der Waals surface area contributed by atoms with Gasteiger partial charge >= 0.3 is 0 Å². The van der Waals surface area contributed by atoms with Crippen LogP contribution in [0.5, 0.6) is 5.75 Å². The Kier molecular flexibility index (Phi) is 7.14. The van der Waals surface area contributed by atoms with Crippen molar-refractivity contribution in [2.75, 3.05) is 12.9 Å². The number of nitrogens with one attached hydrogen (secondary N) is 1. The van der Waals surface area contributed by atoms with Crippen LogP contribution in [0.2, 0.25) is 10.2 Å². The fraction of sp³-hybridized carbons (Fsp3) is 0.150. The molecule has 3 aromatic rings. The van der Waals surface area contributed by atoms with E-state index in [1.54, 1.807) is 18.9 Å². The number of carbonyl (C=O) groups excluding carboxylic acids is 1. The molecule has 0 saturated carbocycles. The standard InChI is InChI=1S/C20H17Cl2N3O2S/c1-27-16-5-2-13-10-14(20(22)24-18(13)11-16)12-23-25-19(26)8-9-28-17-6-3-15(21)4-7-17/h2-7,10-12H,8-9H2,1H3,(H,25,26)/b23-12-. The van der Waals surface area contributed by atoms with Gasteiger partial charge in [0.25, 0.3) is 0 Å². The second-order valence-electron chi connectivity index (χ2n) is 5.77. The SMILES string of the molecule is COc1ccc2cc(/C=N\NC(=O)CCSc3ccc(Cl)cc3)c(Cl)nc2c1. The maximum absolute atomic E-state index is 11.9. The molecule has 0 aliphatic carbocycles. The normalized spacial score (nSPS) is 11.1. The topological polar surface area (TPSA) is 63.6 Å². The molecule has 0 bridgehead atoms. The molecule has 8 heteroatoms. The van der Waals surface area contributed by atoms with E-state index >= 15 is 0 Å². The minimum absolute atomic E-state index is 0.174. The Hall–Kier alpha value is -2.28. The first kappa shape index (κ1) is 20.5. The third-order valence-electron chi connectivity index (χ3n) is 3.81. The number of fused-ring (bicyclic) bond motifs is 1. The first-order valence-electron chi connectivity index (χ1n) is 8.40. The molecule has 1 amide bonds. The average molecular weight is 434 g/mol. The van der Waals surface area contributed by atoms with Crippen molar-refractivity contribution in [3.05, 3.63) is 64.3 Å². The molecule has 2 aromatic carbocycles. The molecule has 0 spiro atoms. The molecule has 1 N–H and O–H groups in total. The molecule has 144 valence electrons. The van der Waals surface area contributed by atoms with E-state index in [1.807, 2.05) is 48.5 Å². The third kappa shape index (κ3) is 5.61. The Morgan fingerprint density at radius 3 is 2.75 bits per heavy atom. The van der Waals surface area contributed by atoms with Crippen molar-refractivity contribution in [1.82, 2.24) is 10.4 Å². The highest BCUT2D eigenvalue weighted by molar-refractivity contribution is 7.99. The summed E-state index contributed by atoms with van der Waals surface area (Å²) in [5.74, 6) is 1.18. The number of amides is 1. The molecule has 1 heterocycles. The summed E-state index contributed by atoms with van der Waals surface area (Å²) in [5, 5.41) is 5.87. The monoisotopic (exact) mass is 433 g/mol. The summed E-state index contributed by atoms with van der Waals surface area (Å²) in [7, 11) is 1.60. The number of halogens is 2. The summed E-state index contributed by atoms with van der Waals surface area (Å²) in [4.78, 5) is 17.3. The van der Waals surface area contributed by atoms with Crippen LogP contribution >= 0.6 is 35.0 Å². The van der Waals surface area contributed by atoms with E-state index in [9.17, 15) is 4.79 Å². The Morgan fingerprint density at radius 1 is 1.21 bits per heavy atom. The van der Waals surface area contributed by atoms with Gasteiger partial charge in [0.1, 0.15) is 10.9 Å². The fourth-order valence-electron chi connectivity index (χ4n) is 2.38. The number of hydrazone groups is 1. The Labute approximate surface area is 177 Å². The zero-order chi connectivity index (χ0) is 19.9. The Balaban J connectivity index is 1.54. The molecule has 0 radical (unpaired) electrons. The van der Waals surface area contributed by atoms with Crippen molar-refractivity contribution < 1.29 is 9.53 Å². The van der Waals surface area contributed by atoms with E-state index in [0.29, 0.717) is 33.7 Å². The number of ether oxygens (including phenoxy) is 1. The van der Waals surface area contributed by atoms with E-state index in [4.69, 9.17) is 27.9 Å². The molecule has 3 rings (SSSR count). The summed E-state index contributed by atoms with van der Waals surface area (Å²) in [6.07, 6.45) is 1.83. The molecule has 0 aliphatic rings. The van der Waals surface area contributed by atoms with Gasteiger partial charge in [0, 0.05) is 39.1 Å². The fourth-order valence-corrected chi connectivity index (χ4v) is 3.55. The number of methoxy groups -OCH3 is 1. The van der Waals surface area contributed by atoms with Crippen LogP contribution in [0.15, 0.2) is 58.5 Å². The number of carbonyl (C=O) groups is 1. The number of pyridine rings is 1. The molecule has 0 saturated heterocycles. The lowest BCUT2D eigenvalue weighted by atomic mass is 10.1. The van der Waals surface area contributed by atoms with Gasteiger partial charge < -0.3 is 4.74 Å². The van der Waals surface area contributed by atoms with Gasteiger partial charge in [-0.25, -0.2) is 10.4 Å². The van der Waals surface area contributed by atoms with E-state index < -0.39 is 0 Å². The smallest absolute Gasteiger partial charge is 0.240 e. The van der Waals surface area contributed by atoms with Crippen LogP contribution in [-0.2, 0) is 4.79 Å². The van der Waals surface area contributed by atoms with E-state index in [1.165, 1.54) is 6.21 Å². The number of hydrogen-bond donors (Lipinski definition) is 1. The third-order valence-corrected chi connectivity index (χ3v) is 5.38. The maximum atomic E-state index is 11.9. The van der Waals surface area contributed by atoms with Gasteiger partial charge in [0.15, 0.2) is 0 Å². The summed E-state index contributed by atoms with van der Waals surface area (Å²) >= 11 is 13.6. The van der Waals surface area contributed by atoms with Crippen molar-refractivity contribution in [1.29, 1.82) is 0 Å². The van der Waals surface area contributed by atoms with Gasteiger partial charge in [-0.3, -0.25) is 4.79 Å². The first-order chi connectivity index (χ1) is 13.5. The Morgan fingerprint density at radius 2 is 2.00 bits per heavy atom. The predicted octanol–water partition coefficient (Wildman–Crippen LogP) is 5.18. The van der Waals surface area contributed by atoms with Crippen LogP contribution < -0.4 is 10.2 Å². The second-order valence-corrected chi connectivity index (χ2v) is 7.74. The van der Waals surface area contributed by atoms with E-state index in [0.717, 1.165) is 15.8 Å².